The molecule has 5 nitrogen and oxygen atoms in total. The van der Waals surface area contributed by atoms with Crippen LogP contribution in [0.4, 0.5) is 0 Å². The Morgan fingerprint density at radius 3 is 2.71 bits per heavy atom. The van der Waals surface area contributed by atoms with Gasteiger partial charge in [0.1, 0.15) is 30.9 Å². The van der Waals surface area contributed by atoms with Crippen molar-refractivity contribution in [3.05, 3.63) is 59.4 Å². The Morgan fingerprint density at radius 1 is 1.17 bits per heavy atom. The fraction of sp³-hybridized carbons (Fsp3) is 0.278. The number of halogens is 1. The zero-order valence-corrected chi connectivity index (χ0v) is 14.1. The van der Waals surface area contributed by atoms with E-state index in [0.29, 0.717) is 23.9 Å². The average molecular weight is 347 g/mol. The fourth-order valence-corrected chi connectivity index (χ4v) is 2.77. The van der Waals surface area contributed by atoms with Crippen LogP contribution in [0.25, 0.3) is 11.0 Å². The van der Waals surface area contributed by atoms with Crippen molar-refractivity contribution in [1.82, 2.24) is 9.55 Å². The topological polar surface area (TPSA) is 56.5 Å². The SMILES string of the molecule is COCc1nc2ccccc2n1C[C@H](O)COc1ccccc1Cl. The Kier molecular flexibility index (Phi) is 5.35. The van der Waals surface area contributed by atoms with Gasteiger partial charge in [-0.1, -0.05) is 35.9 Å². The zero-order chi connectivity index (χ0) is 16.9. The molecule has 0 radical (unpaired) electrons. The number of aliphatic hydroxyl groups is 1. The van der Waals surface area contributed by atoms with Crippen molar-refractivity contribution < 1.29 is 14.6 Å². The molecule has 1 heterocycles. The van der Waals surface area contributed by atoms with Crippen LogP contribution in [0.15, 0.2) is 48.5 Å². The summed E-state index contributed by atoms with van der Waals surface area (Å²) < 4.78 is 12.8. The number of methoxy groups -OCH3 is 1. The van der Waals surface area contributed by atoms with Crippen LogP contribution in [0.3, 0.4) is 0 Å². The Morgan fingerprint density at radius 2 is 1.92 bits per heavy atom. The van der Waals surface area contributed by atoms with E-state index in [-0.39, 0.29) is 6.61 Å². The lowest BCUT2D eigenvalue weighted by Gasteiger charge is -2.16. The minimum absolute atomic E-state index is 0.142. The Hall–Kier alpha value is -2.08. The van der Waals surface area contributed by atoms with Gasteiger partial charge >= 0.3 is 0 Å². The second kappa shape index (κ2) is 7.66. The van der Waals surface area contributed by atoms with Crippen LogP contribution in [0, 0.1) is 0 Å². The maximum atomic E-state index is 10.4. The first-order chi connectivity index (χ1) is 11.7. The van der Waals surface area contributed by atoms with E-state index in [1.54, 1.807) is 19.2 Å². The number of para-hydroxylation sites is 3. The molecule has 0 saturated carbocycles. The Balaban J connectivity index is 1.74. The molecular weight excluding hydrogens is 328 g/mol. The van der Waals surface area contributed by atoms with Crippen molar-refractivity contribution in [3.63, 3.8) is 0 Å². The average Bonchev–Trinajstić information content (AvgIpc) is 2.92. The minimum Gasteiger partial charge on any atom is -0.489 e. The van der Waals surface area contributed by atoms with Gasteiger partial charge in [0.2, 0.25) is 0 Å². The summed E-state index contributed by atoms with van der Waals surface area (Å²) in [4.78, 5) is 4.55. The van der Waals surface area contributed by atoms with Crippen molar-refractivity contribution in [1.29, 1.82) is 0 Å². The molecule has 0 bridgehead atoms. The number of nitrogens with zero attached hydrogens (tertiary/aromatic N) is 2. The summed E-state index contributed by atoms with van der Waals surface area (Å²) in [5.41, 5.74) is 1.84. The van der Waals surface area contributed by atoms with Crippen LogP contribution < -0.4 is 4.74 Å². The number of fused-ring (bicyclic) bond motifs is 1. The monoisotopic (exact) mass is 346 g/mol. The highest BCUT2D eigenvalue weighted by atomic mass is 35.5. The smallest absolute Gasteiger partial charge is 0.138 e. The summed E-state index contributed by atoms with van der Waals surface area (Å²) in [5.74, 6) is 1.33. The Labute approximate surface area is 145 Å². The molecule has 0 unspecified atom stereocenters. The van der Waals surface area contributed by atoms with Gasteiger partial charge in [-0.25, -0.2) is 4.98 Å². The summed E-state index contributed by atoms with van der Waals surface area (Å²) in [5, 5.41) is 10.9. The van der Waals surface area contributed by atoms with Gasteiger partial charge in [-0.05, 0) is 24.3 Å². The third-order valence-corrected chi connectivity index (χ3v) is 3.98. The van der Waals surface area contributed by atoms with Crippen LogP contribution in [0.5, 0.6) is 5.75 Å². The molecule has 0 fully saturated rings. The molecule has 3 rings (SSSR count). The molecule has 0 saturated heterocycles. The van der Waals surface area contributed by atoms with Crippen molar-refractivity contribution in [2.75, 3.05) is 13.7 Å². The van der Waals surface area contributed by atoms with E-state index in [1.807, 2.05) is 41.0 Å². The maximum Gasteiger partial charge on any atom is 0.138 e. The van der Waals surface area contributed by atoms with E-state index in [0.717, 1.165) is 16.9 Å². The third-order valence-electron chi connectivity index (χ3n) is 3.67. The number of benzene rings is 2. The molecule has 0 aliphatic carbocycles. The van der Waals surface area contributed by atoms with Gasteiger partial charge in [0.15, 0.2) is 0 Å². The molecule has 0 aliphatic rings. The van der Waals surface area contributed by atoms with Crippen LogP contribution >= 0.6 is 11.6 Å². The molecule has 24 heavy (non-hydrogen) atoms. The van der Waals surface area contributed by atoms with Crippen molar-refractivity contribution in [2.45, 2.75) is 19.3 Å². The first kappa shape index (κ1) is 16.8. The lowest BCUT2D eigenvalue weighted by molar-refractivity contribution is 0.0902. The number of hydrogen-bond donors (Lipinski definition) is 1. The quantitative estimate of drug-likeness (QED) is 0.713. The Bertz CT molecular complexity index is 819. The predicted molar refractivity (Wildman–Crippen MR) is 93.4 cm³/mol. The molecular formula is C18H19ClN2O3. The molecule has 0 spiro atoms. The molecule has 2 aromatic carbocycles. The fourth-order valence-electron chi connectivity index (χ4n) is 2.58. The molecule has 1 atom stereocenters. The molecule has 1 aromatic heterocycles. The standard InChI is InChI=1S/C18H19ClN2O3/c1-23-12-18-20-15-7-3-4-8-16(15)21(18)10-13(22)11-24-17-9-5-2-6-14(17)19/h2-9,13,22H,10-12H2,1H3/t13-/m0/s1. The van der Waals surface area contributed by atoms with Gasteiger partial charge in [-0.3, -0.25) is 0 Å². The summed E-state index contributed by atoms with van der Waals surface area (Å²) in [6.07, 6.45) is -0.700. The minimum atomic E-state index is -0.700. The van der Waals surface area contributed by atoms with E-state index in [9.17, 15) is 5.11 Å². The van der Waals surface area contributed by atoms with Crippen LogP contribution in [-0.2, 0) is 17.9 Å². The maximum absolute atomic E-state index is 10.4. The first-order valence-electron chi connectivity index (χ1n) is 7.67. The lowest BCUT2D eigenvalue weighted by Crippen LogP contribution is -2.24. The summed E-state index contributed by atoms with van der Waals surface area (Å²) in [7, 11) is 1.63. The normalized spacial score (nSPS) is 12.5. The molecule has 3 aromatic rings. The van der Waals surface area contributed by atoms with Crippen LogP contribution in [-0.4, -0.2) is 34.5 Å². The highest BCUT2D eigenvalue weighted by Gasteiger charge is 2.15. The second-order valence-corrected chi connectivity index (χ2v) is 5.86. The third kappa shape index (κ3) is 3.70. The van der Waals surface area contributed by atoms with Crippen LogP contribution in [0.2, 0.25) is 5.02 Å². The van der Waals surface area contributed by atoms with Gasteiger partial charge in [-0.15, -0.1) is 0 Å². The van der Waals surface area contributed by atoms with E-state index >= 15 is 0 Å². The number of imidazole rings is 1. The van der Waals surface area contributed by atoms with Gasteiger partial charge in [0.25, 0.3) is 0 Å². The molecule has 126 valence electrons. The van der Waals surface area contributed by atoms with E-state index in [1.165, 1.54) is 0 Å². The summed E-state index contributed by atoms with van der Waals surface area (Å²) in [6.45, 7) is 0.888. The van der Waals surface area contributed by atoms with E-state index in [2.05, 4.69) is 4.98 Å². The van der Waals surface area contributed by atoms with E-state index < -0.39 is 6.10 Å². The van der Waals surface area contributed by atoms with Gasteiger partial charge in [-0.2, -0.15) is 0 Å². The molecule has 1 N–H and O–H groups in total. The first-order valence-corrected chi connectivity index (χ1v) is 8.05. The lowest BCUT2D eigenvalue weighted by atomic mass is 10.3. The van der Waals surface area contributed by atoms with Gasteiger partial charge < -0.3 is 19.1 Å². The van der Waals surface area contributed by atoms with Gasteiger partial charge in [0.05, 0.1) is 22.6 Å². The summed E-state index contributed by atoms with van der Waals surface area (Å²) in [6, 6.07) is 15.0. The van der Waals surface area contributed by atoms with E-state index in [4.69, 9.17) is 21.1 Å². The molecule has 6 heteroatoms. The highest BCUT2D eigenvalue weighted by Crippen LogP contribution is 2.23. The summed E-state index contributed by atoms with van der Waals surface area (Å²) >= 11 is 6.06. The van der Waals surface area contributed by atoms with Crippen LogP contribution in [0.1, 0.15) is 5.82 Å². The number of hydrogen-bond acceptors (Lipinski definition) is 4. The van der Waals surface area contributed by atoms with Crippen molar-refractivity contribution >= 4 is 22.6 Å². The second-order valence-electron chi connectivity index (χ2n) is 5.46. The number of ether oxygens (including phenoxy) is 2. The van der Waals surface area contributed by atoms with Gasteiger partial charge in [0, 0.05) is 7.11 Å². The highest BCUT2D eigenvalue weighted by molar-refractivity contribution is 6.32. The number of aliphatic hydroxyl groups excluding tert-OH is 1. The zero-order valence-electron chi connectivity index (χ0n) is 13.4. The predicted octanol–water partition coefficient (Wildman–Crippen LogP) is 3.28. The van der Waals surface area contributed by atoms with Crippen molar-refractivity contribution in [3.8, 4) is 5.75 Å². The van der Waals surface area contributed by atoms with Crippen molar-refractivity contribution in [2.24, 2.45) is 0 Å². The largest absolute Gasteiger partial charge is 0.489 e. The number of aromatic nitrogens is 2. The molecule has 0 aliphatic heterocycles. The number of rotatable bonds is 7. The molecule has 0 amide bonds.